The molecule has 0 bridgehead atoms. The summed E-state index contributed by atoms with van der Waals surface area (Å²) in [5.74, 6) is 1.45. The Kier molecular flexibility index (Phi) is 6.24. The number of nitrogens with zero attached hydrogens (tertiary/aromatic N) is 1. The molecule has 0 fully saturated rings. The van der Waals surface area contributed by atoms with Gasteiger partial charge in [-0.1, -0.05) is 36.4 Å². The van der Waals surface area contributed by atoms with E-state index in [1.165, 1.54) is 0 Å². The first-order valence-electron chi connectivity index (χ1n) is 8.55. The van der Waals surface area contributed by atoms with Gasteiger partial charge in [-0.25, -0.2) is 18.1 Å². The fourth-order valence-corrected chi connectivity index (χ4v) is 4.40. The summed E-state index contributed by atoms with van der Waals surface area (Å²) in [7, 11) is -3.28. The molecule has 2 aromatic heterocycles. The van der Waals surface area contributed by atoms with Crippen LogP contribution in [0, 0.1) is 6.92 Å². The molecule has 0 aliphatic rings. The minimum Gasteiger partial charge on any atom is -0.440 e. The zero-order chi connectivity index (χ0) is 18.4. The summed E-state index contributed by atoms with van der Waals surface area (Å²) in [5.41, 5.74) is 1.95. The third-order valence-electron chi connectivity index (χ3n) is 4.03. The number of hydrogen-bond acceptors (Lipinski definition) is 5. The molecule has 26 heavy (non-hydrogen) atoms. The van der Waals surface area contributed by atoms with Gasteiger partial charge in [-0.3, -0.25) is 0 Å². The summed E-state index contributed by atoms with van der Waals surface area (Å²) in [6.07, 6.45) is 1.87. The van der Waals surface area contributed by atoms with Gasteiger partial charge >= 0.3 is 0 Å². The van der Waals surface area contributed by atoms with Crippen LogP contribution < -0.4 is 4.72 Å². The van der Waals surface area contributed by atoms with Crippen LogP contribution in [0.2, 0.25) is 0 Å². The maximum Gasteiger partial charge on any atom is 0.236 e. The maximum atomic E-state index is 12.1. The second-order valence-corrected chi connectivity index (χ2v) is 8.93. The fraction of sp³-hybridized carbons (Fsp3) is 0.316. The monoisotopic (exact) mass is 390 g/mol. The van der Waals surface area contributed by atoms with Crippen LogP contribution in [0.3, 0.4) is 0 Å². The van der Waals surface area contributed by atoms with Crippen molar-refractivity contribution in [3.05, 3.63) is 64.9 Å². The fourth-order valence-electron chi connectivity index (χ4n) is 2.67. The van der Waals surface area contributed by atoms with Crippen LogP contribution >= 0.6 is 11.3 Å². The lowest BCUT2D eigenvalue weighted by atomic mass is 10.1. The highest BCUT2D eigenvalue weighted by Crippen LogP contribution is 2.25. The molecule has 0 amide bonds. The van der Waals surface area contributed by atoms with Crippen LogP contribution in [-0.2, 0) is 22.9 Å². The van der Waals surface area contributed by atoms with Crippen molar-refractivity contribution in [2.24, 2.45) is 0 Å². The lowest BCUT2D eigenvalue weighted by Crippen LogP contribution is -2.28. The van der Waals surface area contributed by atoms with E-state index >= 15 is 0 Å². The van der Waals surface area contributed by atoms with E-state index in [4.69, 9.17) is 4.42 Å². The Bertz CT molecular complexity index is 917. The molecule has 138 valence electrons. The number of sulfonamides is 1. The number of benzene rings is 1. The minimum atomic E-state index is -3.28. The van der Waals surface area contributed by atoms with Crippen molar-refractivity contribution in [1.29, 1.82) is 0 Å². The molecular formula is C19H22N2O3S2. The van der Waals surface area contributed by atoms with Gasteiger partial charge in [0.05, 0.1) is 16.3 Å². The first-order valence-corrected chi connectivity index (χ1v) is 11.1. The molecule has 0 spiro atoms. The van der Waals surface area contributed by atoms with Gasteiger partial charge in [0.1, 0.15) is 5.76 Å². The van der Waals surface area contributed by atoms with Gasteiger partial charge in [0.15, 0.2) is 0 Å². The van der Waals surface area contributed by atoms with E-state index in [2.05, 4.69) is 9.71 Å². The Morgan fingerprint density at radius 2 is 1.92 bits per heavy atom. The Morgan fingerprint density at radius 3 is 2.65 bits per heavy atom. The van der Waals surface area contributed by atoms with Crippen molar-refractivity contribution in [1.82, 2.24) is 9.71 Å². The molecular weight excluding hydrogens is 368 g/mol. The van der Waals surface area contributed by atoms with Crippen LogP contribution in [0.1, 0.15) is 23.4 Å². The standard InChI is InChI=1S/C19H22N2O3S2/c1-15-17(21-19(24-15)18-10-5-13-25-18)11-12-20-26(22,23)14-6-9-16-7-3-2-4-8-16/h2-5,7-8,10,13,20H,6,9,11-12,14H2,1H3. The molecule has 0 aliphatic carbocycles. The zero-order valence-corrected chi connectivity index (χ0v) is 16.3. The minimum absolute atomic E-state index is 0.125. The van der Waals surface area contributed by atoms with Gasteiger partial charge in [-0.15, -0.1) is 11.3 Å². The van der Waals surface area contributed by atoms with E-state index < -0.39 is 10.0 Å². The molecule has 2 heterocycles. The molecule has 1 N–H and O–H groups in total. The first kappa shape index (κ1) is 18.8. The second-order valence-electron chi connectivity index (χ2n) is 6.05. The van der Waals surface area contributed by atoms with E-state index in [-0.39, 0.29) is 5.75 Å². The zero-order valence-electron chi connectivity index (χ0n) is 14.6. The van der Waals surface area contributed by atoms with Crippen LogP contribution in [0.4, 0.5) is 0 Å². The number of hydrogen-bond donors (Lipinski definition) is 1. The Hall–Kier alpha value is -1.96. The highest BCUT2D eigenvalue weighted by Gasteiger charge is 2.14. The van der Waals surface area contributed by atoms with Crippen molar-refractivity contribution in [2.45, 2.75) is 26.2 Å². The lowest BCUT2D eigenvalue weighted by molar-refractivity contribution is 0.539. The summed E-state index contributed by atoms with van der Waals surface area (Å²) in [5, 5.41) is 1.97. The first-order chi connectivity index (χ1) is 12.5. The summed E-state index contributed by atoms with van der Waals surface area (Å²) in [6.45, 7) is 2.18. The number of aromatic nitrogens is 1. The molecule has 3 aromatic rings. The van der Waals surface area contributed by atoms with E-state index in [9.17, 15) is 8.42 Å². The number of aryl methyl sites for hydroxylation is 2. The Morgan fingerprint density at radius 1 is 1.12 bits per heavy atom. The van der Waals surface area contributed by atoms with Gasteiger partial charge in [0, 0.05) is 13.0 Å². The molecule has 0 aliphatic heterocycles. The molecule has 5 nitrogen and oxygen atoms in total. The number of oxazole rings is 1. The normalized spacial score (nSPS) is 11.7. The topological polar surface area (TPSA) is 72.2 Å². The van der Waals surface area contributed by atoms with Crippen LogP contribution in [0.15, 0.2) is 52.3 Å². The van der Waals surface area contributed by atoms with Crippen LogP contribution in [-0.4, -0.2) is 25.7 Å². The van der Waals surface area contributed by atoms with Crippen molar-refractivity contribution >= 4 is 21.4 Å². The van der Waals surface area contributed by atoms with Gasteiger partial charge in [-0.2, -0.15) is 0 Å². The Labute approximate surface area is 158 Å². The molecule has 0 saturated heterocycles. The third kappa shape index (κ3) is 5.27. The SMILES string of the molecule is Cc1oc(-c2cccs2)nc1CCNS(=O)(=O)CCCc1ccccc1. The van der Waals surface area contributed by atoms with Crippen molar-refractivity contribution in [3.8, 4) is 10.8 Å². The predicted octanol–water partition coefficient (Wildman–Crippen LogP) is 3.81. The average Bonchev–Trinajstić information content (AvgIpc) is 3.26. The molecule has 0 unspecified atom stereocenters. The van der Waals surface area contributed by atoms with Gasteiger partial charge in [-0.05, 0) is 36.8 Å². The second kappa shape index (κ2) is 8.62. The highest BCUT2D eigenvalue weighted by molar-refractivity contribution is 7.89. The van der Waals surface area contributed by atoms with E-state index in [1.54, 1.807) is 11.3 Å². The Balaban J connectivity index is 1.46. The summed E-state index contributed by atoms with van der Waals surface area (Å²) < 4.78 is 32.6. The van der Waals surface area contributed by atoms with Crippen LogP contribution in [0.25, 0.3) is 10.8 Å². The number of rotatable bonds is 9. The molecule has 0 atom stereocenters. The van der Waals surface area contributed by atoms with Crippen molar-refractivity contribution < 1.29 is 12.8 Å². The van der Waals surface area contributed by atoms with Gasteiger partial charge in [0.25, 0.3) is 0 Å². The summed E-state index contributed by atoms with van der Waals surface area (Å²) in [6, 6.07) is 13.8. The molecule has 1 aromatic carbocycles. The van der Waals surface area contributed by atoms with Crippen molar-refractivity contribution in [2.75, 3.05) is 12.3 Å². The highest BCUT2D eigenvalue weighted by atomic mass is 32.2. The van der Waals surface area contributed by atoms with Gasteiger partial charge < -0.3 is 4.42 Å². The van der Waals surface area contributed by atoms with E-state index in [0.29, 0.717) is 25.3 Å². The maximum absolute atomic E-state index is 12.1. The van der Waals surface area contributed by atoms with E-state index in [1.807, 2.05) is 54.8 Å². The smallest absolute Gasteiger partial charge is 0.236 e. The molecule has 0 saturated carbocycles. The predicted molar refractivity (Wildman–Crippen MR) is 105 cm³/mol. The number of thiophene rings is 1. The quantitative estimate of drug-likeness (QED) is 0.603. The molecule has 3 rings (SSSR count). The number of nitrogens with one attached hydrogen (secondary N) is 1. The lowest BCUT2D eigenvalue weighted by Gasteiger charge is -2.06. The molecule has 0 radical (unpaired) electrons. The summed E-state index contributed by atoms with van der Waals surface area (Å²) >= 11 is 1.57. The van der Waals surface area contributed by atoms with Gasteiger partial charge in [0.2, 0.25) is 15.9 Å². The largest absolute Gasteiger partial charge is 0.440 e. The summed E-state index contributed by atoms with van der Waals surface area (Å²) in [4.78, 5) is 5.46. The van der Waals surface area contributed by atoms with Crippen molar-refractivity contribution in [3.63, 3.8) is 0 Å². The molecule has 7 heteroatoms. The van der Waals surface area contributed by atoms with Crippen LogP contribution in [0.5, 0.6) is 0 Å². The van der Waals surface area contributed by atoms with E-state index in [0.717, 1.165) is 28.3 Å². The third-order valence-corrected chi connectivity index (χ3v) is 6.36. The average molecular weight is 391 g/mol.